The predicted octanol–water partition coefficient (Wildman–Crippen LogP) is 3.43. The van der Waals surface area contributed by atoms with Gasteiger partial charge in [-0.05, 0) is 46.4 Å². The average molecular weight is 345 g/mol. The number of hydrogen-bond acceptors (Lipinski definition) is 2. The lowest BCUT2D eigenvalue weighted by Gasteiger charge is -2.32. The Balaban J connectivity index is 3.06. The summed E-state index contributed by atoms with van der Waals surface area (Å²) in [7, 11) is 0. The molecule has 0 spiro atoms. The van der Waals surface area contributed by atoms with Crippen LogP contribution in [0.5, 0.6) is 0 Å². The number of nitrogens with two attached hydrogens (primary N) is 1. The summed E-state index contributed by atoms with van der Waals surface area (Å²) in [6.07, 6.45) is 0.818. The highest BCUT2D eigenvalue weighted by molar-refractivity contribution is 9.10. The molecule has 0 aliphatic rings. The molecule has 0 aromatic heterocycles. The molecule has 112 valence electrons. The Morgan fingerprint density at radius 3 is 2.60 bits per heavy atom. The first-order valence-corrected chi connectivity index (χ1v) is 7.55. The zero-order chi connectivity index (χ0) is 15.3. The van der Waals surface area contributed by atoms with Crippen molar-refractivity contribution in [3.63, 3.8) is 0 Å². The van der Waals surface area contributed by atoms with Crippen LogP contribution in [0.4, 0.5) is 4.39 Å². The molecule has 0 bridgehead atoms. The van der Waals surface area contributed by atoms with E-state index < -0.39 is 5.82 Å². The fourth-order valence-electron chi connectivity index (χ4n) is 1.96. The van der Waals surface area contributed by atoms with E-state index in [2.05, 4.69) is 15.9 Å². The monoisotopic (exact) mass is 344 g/mol. The van der Waals surface area contributed by atoms with Crippen LogP contribution in [0.3, 0.4) is 0 Å². The van der Waals surface area contributed by atoms with Gasteiger partial charge >= 0.3 is 0 Å². The Labute approximate surface area is 128 Å². The molecule has 0 aliphatic heterocycles. The van der Waals surface area contributed by atoms with Crippen molar-refractivity contribution >= 4 is 21.8 Å². The van der Waals surface area contributed by atoms with Gasteiger partial charge in [-0.15, -0.1) is 0 Å². The molecule has 1 rings (SSSR count). The molecule has 3 nitrogen and oxygen atoms in total. The van der Waals surface area contributed by atoms with Gasteiger partial charge in [-0.25, -0.2) is 4.39 Å². The summed E-state index contributed by atoms with van der Waals surface area (Å²) < 4.78 is 14.4. The summed E-state index contributed by atoms with van der Waals surface area (Å²) in [5.74, 6) is -0.797. The number of carbonyl (C=O) groups is 1. The minimum Gasteiger partial charge on any atom is -0.338 e. The highest BCUT2D eigenvalue weighted by Gasteiger charge is 2.26. The van der Waals surface area contributed by atoms with Crippen LogP contribution in [0.2, 0.25) is 0 Å². The fraction of sp³-hybridized carbons (Fsp3) is 0.533. The van der Waals surface area contributed by atoms with Gasteiger partial charge in [0.1, 0.15) is 5.82 Å². The second-order valence-corrected chi connectivity index (χ2v) is 6.55. The van der Waals surface area contributed by atoms with Crippen LogP contribution in [0, 0.1) is 11.2 Å². The summed E-state index contributed by atoms with van der Waals surface area (Å²) in [4.78, 5) is 14.3. The number of rotatable bonds is 6. The third-order valence-corrected chi connectivity index (χ3v) is 3.79. The van der Waals surface area contributed by atoms with Gasteiger partial charge in [-0.3, -0.25) is 4.79 Å². The van der Waals surface area contributed by atoms with E-state index in [1.165, 1.54) is 6.07 Å². The van der Waals surface area contributed by atoms with Crippen LogP contribution in [-0.2, 0) is 0 Å². The minimum absolute atomic E-state index is 0.0915. The third kappa shape index (κ3) is 4.28. The van der Waals surface area contributed by atoms with Crippen molar-refractivity contribution in [2.45, 2.75) is 27.2 Å². The molecular weight excluding hydrogens is 323 g/mol. The first-order chi connectivity index (χ1) is 9.32. The van der Waals surface area contributed by atoms with Crippen LogP contribution < -0.4 is 5.73 Å². The smallest absolute Gasteiger partial charge is 0.258 e. The normalized spacial score (nSPS) is 11.5. The van der Waals surface area contributed by atoms with Gasteiger partial charge < -0.3 is 10.6 Å². The average Bonchev–Trinajstić information content (AvgIpc) is 2.37. The van der Waals surface area contributed by atoms with E-state index in [0.29, 0.717) is 24.1 Å². The quantitative estimate of drug-likeness (QED) is 0.859. The number of nitrogens with zero attached hydrogens (tertiary/aromatic N) is 1. The van der Waals surface area contributed by atoms with Crippen molar-refractivity contribution in [1.82, 2.24) is 4.90 Å². The molecule has 0 aliphatic carbocycles. The van der Waals surface area contributed by atoms with Crippen LogP contribution in [0.25, 0.3) is 0 Å². The van der Waals surface area contributed by atoms with Crippen LogP contribution >= 0.6 is 15.9 Å². The van der Waals surface area contributed by atoms with E-state index >= 15 is 0 Å². The maximum absolute atomic E-state index is 13.9. The van der Waals surface area contributed by atoms with Gasteiger partial charge in [0, 0.05) is 17.6 Å². The van der Waals surface area contributed by atoms with Crippen molar-refractivity contribution < 1.29 is 9.18 Å². The highest BCUT2D eigenvalue weighted by atomic mass is 79.9. The van der Waals surface area contributed by atoms with Crippen molar-refractivity contribution in [2.24, 2.45) is 11.1 Å². The van der Waals surface area contributed by atoms with E-state index in [0.717, 1.165) is 6.42 Å². The Bertz CT molecular complexity index is 457. The largest absolute Gasteiger partial charge is 0.338 e. The van der Waals surface area contributed by atoms with Crippen LogP contribution in [0.1, 0.15) is 37.6 Å². The molecule has 1 amide bonds. The SMILES string of the molecule is CCCN(CC(C)(C)CN)C(=O)c1c(F)cccc1Br. The molecule has 0 saturated heterocycles. The lowest BCUT2D eigenvalue weighted by Crippen LogP contribution is -2.42. The number of carbonyl (C=O) groups excluding carboxylic acids is 1. The predicted molar refractivity (Wildman–Crippen MR) is 83.1 cm³/mol. The molecule has 0 fully saturated rings. The Kier molecular flexibility index (Phi) is 6.14. The number of halogens is 2. The first kappa shape index (κ1) is 17.1. The van der Waals surface area contributed by atoms with E-state index in [1.807, 2.05) is 20.8 Å². The molecular formula is C15H22BrFN2O. The molecule has 5 heteroatoms. The molecule has 2 N–H and O–H groups in total. The van der Waals surface area contributed by atoms with E-state index in [-0.39, 0.29) is 16.9 Å². The van der Waals surface area contributed by atoms with Crippen molar-refractivity contribution in [3.05, 3.63) is 34.1 Å². The summed E-state index contributed by atoms with van der Waals surface area (Å²) in [6, 6.07) is 4.55. The fourth-order valence-corrected chi connectivity index (χ4v) is 2.48. The minimum atomic E-state index is -0.504. The third-order valence-electron chi connectivity index (χ3n) is 3.13. The highest BCUT2D eigenvalue weighted by Crippen LogP contribution is 2.23. The maximum atomic E-state index is 13.9. The number of amides is 1. The summed E-state index contributed by atoms with van der Waals surface area (Å²) >= 11 is 3.25. The molecule has 0 heterocycles. The van der Waals surface area contributed by atoms with Crippen molar-refractivity contribution in [1.29, 1.82) is 0 Å². The summed E-state index contributed by atoms with van der Waals surface area (Å²) in [6.45, 7) is 7.56. The van der Waals surface area contributed by atoms with Gasteiger partial charge in [0.2, 0.25) is 0 Å². The van der Waals surface area contributed by atoms with Gasteiger partial charge in [-0.2, -0.15) is 0 Å². The van der Waals surface area contributed by atoms with E-state index in [1.54, 1.807) is 17.0 Å². The standard InChI is InChI=1S/C15H22BrFN2O/c1-4-8-19(10-15(2,3)9-18)14(20)13-11(16)6-5-7-12(13)17/h5-7H,4,8-10,18H2,1-3H3. The van der Waals surface area contributed by atoms with Gasteiger partial charge in [0.15, 0.2) is 0 Å². The summed E-state index contributed by atoms with van der Waals surface area (Å²) in [5, 5.41) is 0. The van der Waals surface area contributed by atoms with Crippen molar-refractivity contribution in [3.8, 4) is 0 Å². The Hall–Kier alpha value is -0.940. The lowest BCUT2D eigenvalue weighted by molar-refractivity contribution is 0.0683. The molecule has 20 heavy (non-hydrogen) atoms. The van der Waals surface area contributed by atoms with Gasteiger partial charge in [0.25, 0.3) is 5.91 Å². The second-order valence-electron chi connectivity index (χ2n) is 5.69. The molecule has 0 radical (unpaired) electrons. The number of hydrogen-bond donors (Lipinski definition) is 1. The van der Waals surface area contributed by atoms with Gasteiger partial charge in [0.05, 0.1) is 5.56 Å². The zero-order valence-corrected chi connectivity index (χ0v) is 13.8. The zero-order valence-electron chi connectivity index (χ0n) is 12.2. The summed E-state index contributed by atoms with van der Waals surface area (Å²) in [5.41, 5.74) is 5.63. The van der Waals surface area contributed by atoms with Crippen LogP contribution in [-0.4, -0.2) is 30.4 Å². The Morgan fingerprint density at radius 1 is 1.45 bits per heavy atom. The lowest BCUT2D eigenvalue weighted by atomic mass is 9.92. The van der Waals surface area contributed by atoms with Gasteiger partial charge in [-0.1, -0.05) is 26.8 Å². The first-order valence-electron chi connectivity index (χ1n) is 6.75. The Morgan fingerprint density at radius 2 is 2.10 bits per heavy atom. The van der Waals surface area contributed by atoms with Crippen molar-refractivity contribution in [2.75, 3.05) is 19.6 Å². The number of benzene rings is 1. The molecule has 0 saturated carbocycles. The molecule has 1 aromatic carbocycles. The maximum Gasteiger partial charge on any atom is 0.258 e. The van der Waals surface area contributed by atoms with E-state index in [4.69, 9.17) is 5.73 Å². The molecule has 0 atom stereocenters. The van der Waals surface area contributed by atoms with Crippen LogP contribution in [0.15, 0.2) is 22.7 Å². The molecule has 0 unspecified atom stereocenters. The second kappa shape index (κ2) is 7.18. The topological polar surface area (TPSA) is 46.3 Å². The van der Waals surface area contributed by atoms with E-state index in [9.17, 15) is 9.18 Å². The molecule has 1 aromatic rings.